The summed E-state index contributed by atoms with van der Waals surface area (Å²) in [5.74, 6) is -0.342. The summed E-state index contributed by atoms with van der Waals surface area (Å²) in [6, 6.07) is 27.5. The van der Waals surface area contributed by atoms with Gasteiger partial charge < -0.3 is 0 Å². The summed E-state index contributed by atoms with van der Waals surface area (Å²) in [6.07, 6.45) is 0. The molecule has 0 aliphatic heterocycles. The lowest BCUT2D eigenvalue weighted by Gasteiger charge is -2.23. The molecule has 3 rings (SSSR count). The van der Waals surface area contributed by atoms with Crippen LogP contribution in [-0.2, 0) is 0 Å². The molecule has 0 saturated heterocycles. The lowest BCUT2D eigenvalue weighted by atomic mass is 9.96. The van der Waals surface area contributed by atoms with Crippen molar-refractivity contribution in [3.8, 4) is 6.07 Å². The monoisotopic (exact) mass is 316 g/mol. The predicted molar refractivity (Wildman–Crippen MR) is 92.6 cm³/mol. The second-order valence-electron chi connectivity index (χ2n) is 5.54. The molecule has 0 aliphatic rings. The summed E-state index contributed by atoms with van der Waals surface area (Å²) in [5.41, 5.74) is 2.73. The van der Waals surface area contributed by atoms with Gasteiger partial charge in [0.1, 0.15) is 11.9 Å². The highest BCUT2D eigenvalue weighted by atomic mass is 19.1. The van der Waals surface area contributed by atoms with E-state index in [4.69, 9.17) is 0 Å². The lowest BCUT2D eigenvalue weighted by molar-refractivity contribution is 0.553. The van der Waals surface area contributed by atoms with Gasteiger partial charge in [-0.1, -0.05) is 72.8 Å². The molecule has 3 aromatic carbocycles. The number of halogens is 1. The van der Waals surface area contributed by atoms with Crippen molar-refractivity contribution in [1.82, 2.24) is 5.32 Å². The fourth-order valence-electron chi connectivity index (χ4n) is 2.74. The van der Waals surface area contributed by atoms with Crippen molar-refractivity contribution >= 4 is 0 Å². The quantitative estimate of drug-likeness (QED) is 0.736. The molecule has 0 fully saturated rings. The standard InChI is InChI=1S/C21H17FN2/c22-19-13-7-12-18(14-19)20(15-23)24-21(16-8-3-1-4-9-16)17-10-5-2-6-11-17/h1-14,20-21,24H/t20-/m1/s1. The molecule has 24 heavy (non-hydrogen) atoms. The maximum atomic E-state index is 13.5. The summed E-state index contributed by atoms with van der Waals surface area (Å²) in [5, 5.41) is 12.9. The molecule has 0 spiro atoms. The van der Waals surface area contributed by atoms with E-state index in [-0.39, 0.29) is 11.9 Å². The van der Waals surface area contributed by atoms with Gasteiger partial charge in [0.25, 0.3) is 0 Å². The second kappa shape index (κ2) is 7.54. The highest BCUT2D eigenvalue weighted by Gasteiger charge is 2.20. The van der Waals surface area contributed by atoms with Crippen molar-refractivity contribution in [2.75, 3.05) is 0 Å². The Morgan fingerprint density at radius 1 is 0.750 bits per heavy atom. The van der Waals surface area contributed by atoms with Crippen LogP contribution in [0, 0.1) is 17.1 Å². The van der Waals surface area contributed by atoms with Crippen molar-refractivity contribution in [3.63, 3.8) is 0 Å². The number of nitrogens with zero attached hydrogens (tertiary/aromatic N) is 1. The first-order valence-corrected chi connectivity index (χ1v) is 7.79. The van der Waals surface area contributed by atoms with Crippen LogP contribution in [0.4, 0.5) is 4.39 Å². The maximum absolute atomic E-state index is 13.5. The number of benzene rings is 3. The van der Waals surface area contributed by atoms with Crippen LogP contribution in [0.2, 0.25) is 0 Å². The average molecular weight is 316 g/mol. The average Bonchev–Trinajstić information content (AvgIpc) is 2.64. The third-order valence-electron chi connectivity index (χ3n) is 3.91. The molecule has 0 unspecified atom stereocenters. The van der Waals surface area contributed by atoms with Crippen LogP contribution >= 0.6 is 0 Å². The molecule has 0 saturated carbocycles. The minimum Gasteiger partial charge on any atom is -0.287 e. The van der Waals surface area contributed by atoms with Crippen molar-refractivity contribution in [2.45, 2.75) is 12.1 Å². The predicted octanol–water partition coefficient (Wildman–Crippen LogP) is 4.77. The first kappa shape index (κ1) is 15.9. The highest BCUT2D eigenvalue weighted by molar-refractivity contribution is 5.34. The van der Waals surface area contributed by atoms with Crippen molar-refractivity contribution in [3.05, 3.63) is 107 Å². The van der Waals surface area contributed by atoms with Crippen LogP contribution in [-0.4, -0.2) is 0 Å². The Balaban J connectivity index is 1.96. The Bertz CT molecular complexity index is 786. The number of nitriles is 1. The van der Waals surface area contributed by atoms with E-state index in [9.17, 15) is 9.65 Å². The molecule has 0 amide bonds. The fraction of sp³-hybridized carbons (Fsp3) is 0.0952. The van der Waals surface area contributed by atoms with Crippen LogP contribution < -0.4 is 5.32 Å². The lowest BCUT2D eigenvalue weighted by Crippen LogP contribution is -2.26. The summed E-state index contributed by atoms with van der Waals surface area (Å²) in [7, 11) is 0. The number of nitrogens with one attached hydrogen (secondary N) is 1. The zero-order valence-electron chi connectivity index (χ0n) is 13.1. The third kappa shape index (κ3) is 3.68. The third-order valence-corrected chi connectivity index (χ3v) is 3.91. The molecule has 0 aromatic heterocycles. The molecular formula is C21H17FN2. The number of rotatable bonds is 5. The molecule has 0 bridgehead atoms. The van der Waals surface area contributed by atoms with E-state index in [1.165, 1.54) is 12.1 Å². The summed E-state index contributed by atoms with van der Waals surface area (Å²) in [4.78, 5) is 0. The van der Waals surface area contributed by atoms with Gasteiger partial charge in [-0.15, -0.1) is 0 Å². The van der Waals surface area contributed by atoms with Gasteiger partial charge in [-0.05, 0) is 28.8 Å². The second-order valence-corrected chi connectivity index (χ2v) is 5.54. The molecule has 0 heterocycles. The van der Waals surface area contributed by atoms with Gasteiger partial charge in [-0.2, -0.15) is 5.26 Å². The van der Waals surface area contributed by atoms with Gasteiger partial charge in [-0.3, -0.25) is 5.32 Å². The Morgan fingerprint density at radius 3 is 1.79 bits per heavy atom. The van der Waals surface area contributed by atoms with E-state index >= 15 is 0 Å². The summed E-state index contributed by atoms with van der Waals surface area (Å²) >= 11 is 0. The van der Waals surface area contributed by atoms with Gasteiger partial charge in [0, 0.05) is 0 Å². The zero-order valence-corrected chi connectivity index (χ0v) is 13.1. The van der Waals surface area contributed by atoms with Crippen LogP contribution in [0.3, 0.4) is 0 Å². The van der Waals surface area contributed by atoms with Crippen molar-refractivity contribution in [1.29, 1.82) is 5.26 Å². The molecular weight excluding hydrogens is 299 g/mol. The Hall–Kier alpha value is -2.96. The Kier molecular flexibility index (Phi) is 5.00. The van der Waals surface area contributed by atoms with Gasteiger partial charge >= 0.3 is 0 Å². The zero-order chi connectivity index (χ0) is 16.8. The van der Waals surface area contributed by atoms with E-state index < -0.39 is 6.04 Å². The van der Waals surface area contributed by atoms with E-state index in [0.29, 0.717) is 5.56 Å². The molecule has 0 radical (unpaired) electrons. The van der Waals surface area contributed by atoms with E-state index in [2.05, 4.69) is 11.4 Å². The number of hydrogen-bond donors (Lipinski definition) is 1. The minimum atomic E-state index is -0.605. The van der Waals surface area contributed by atoms with E-state index in [0.717, 1.165) is 11.1 Å². The SMILES string of the molecule is N#C[C@@H](NC(c1ccccc1)c1ccccc1)c1cccc(F)c1. The van der Waals surface area contributed by atoms with Gasteiger partial charge in [0.15, 0.2) is 0 Å². The fourth-order valence-corrected chi connectivity index (χ4v) is 2.74. The van der Waals surface area contributed by atoms with E-state index in [1.807, 2.05) is 60.7 Å². The molecule has 3 heteroatoms. The molecule has 3 aromatic rings. The number of hydrogen-bond acceptors (Lipinski definition) is 2. The van der Waals surface area contributed by atoms with Gasteiger partial charge in [0.05, 0.1) is 12.1 Å². The molecule has 1 N–H and O–H groups in total. The van der Waals surface area contributed by atoms with Crippen LogP contribution in [0.15, 0.2) is 84.9 Å². The molecule has 118 valence electrons. The minimum absolute atomic E-state index is 0.152. The maximum Gasteiger partial charge on any atom is 0.123 e. The topological polar surface area (TPSA) is 35.8 Å². The largest absolute Gasteiger partial charge is 0.287 e. The van der Waals surface area contributed by atoms with Crippen LogP contribution in [0.5, 0.6) is 0 Å². The van der Waals surface area contributed by atoms with Crippen molar-refractivity contribution in [2.24, 2.45) is 0 Å². The van der Waals surface area contributed by atoms with Gasteiger partial charge in [-0.25, -0.2) is 4.39 Å². The Labute approximate surface area is 141 Å². The summed E-state index contributed by atoms with van der Waals surface area (Å²) < 4.78 is 13.5. The Morgan fingerprint density at radius 2 is 1.29 bits per heavy atom. The van der Waals surface area contributed by atoms with Crippen LogP contribution in [0.25, 0.3) is 0 Å². The van der Waals surface area contributed by atoms with Crippen LogP contribution in [0.1, 0.15) is 28.8 Å². The van der Waals surface area contributed by atoms with E-state index in [1.54, 1.807) is 12.1 Å². The van der Waals surface area contributed by atoms with Crippen molar-refractivity contribution < 1.29 is 4.39 Å². The normalized spacial score (nSPS) is 11.9. The first-order valence-electron chi connectivity index (χ1n) is 7.79. The summed E-state index contributed by atoms with van der Waals surface area (Å²) in [6.45, 7) is 0. The smallest absolute Gasteiger partial charge is 0.123 e. The highest BCUT2D eigenvalue weighted by Crippen LogP contribution is 2.26. The molecule has 2 nitrogen and oxygen atoms in total. The first-order chi connectivity index (χ1) is 11.8. The van der Waals surface area contributed by atoms with Gasteiger partial charge in [0.2, 0.25) is 0 Å². The molecule has 0 aliphatic carbocycles. The molecule has 1 atom stereocenters.